The number of pyridine rings is 1. The van der Waals surface area contributed by atoms with Crippen LogP contribution in [0.3, 0.4) is 0 Å². The Bertz CT molecular complexity index is 1140. The number of aryl methyl sites for hydroxylation is 3. The summed E-state index contributed by atoms with van der Waals surface area (Å²) in [6, 6.07) is 2.07. The van der Waals surface area contributed by atoms with Gasteiger partial charge in [0.15, 0.2) is 0 Å². The minimum absolute atomic E-state index is 0.0103. The normalized spacial score (nSPS) is 12.1. The largest absolute Gasteiger partial charge is 0.364 e. The lowest BCUT2D eigenvalue weighted by Crippen LogP contribution is -2.44. The predicted octanol–water partition coefficient (Wildman–Crippen LogP) is 4.49. The van der Waals surface area contributed by atoms with Crippen molar-refractivity contribution in [2.24, 2.45) is 0 Å². The maximum absolute atomic E-state index is 14.8. The van der Waals surface area contributed by atoms with Gasteiger partial charge in [0.05, 0.1) is 11.4 Å². The lowest BCUT2D eigenvalue weighted by Gasteiger charge is -2.18. The fourth-order valence-corrected chi connectivity index (χ4v) is 3.84. The zero-order chi connectivity index (χ0) is 24.8. The Morgan fingerprint density at radius 2 is 2.00 bits per heavy atom. The summed E-state index contributed by atoms with van der Waals surface area (Å²) in [6.07, 6.45) is 2.88. The molecule has 0 radical (unpaired) electrons. The van der Waals surface area contributed by atoms with Crippen molar-refractivity contribution in [2.75, 3.05) is 5.32 Å². The second kappa shape index (κ2) is 11.4. The summed E-state index contributed by atoms with van der Waals surface area (Å²) < 4.78 is 19.7. The third kappa shape index (κ3) is 6.12. The smallest absolute Gasteiger partial charge is 0.257 e. The first-order valence-electron chi connectivity index (χ1n) is 10.7. The van der Waals surface area contributed by atoms with E-state index in [9.17, 15) is 14.0 Å². The topological polar surface area (TPSA) is 126 Å². The Kier molecular flexibility index (Phi) is 8.62. The van der Waals surface area contributed by atoms with Gasteiger partial charge in [-0.25, -0.2) is 4.98 Å². The summed E-state index contributed by atoms with van der Waals surface area (Å²) in [5.74, 6) is -1.81. The number of rotatable bonds is 10. The van der Waals surface area contributed by atoms with Gasteiger partial charge < -0.3 is 15.2 Å². The number of carbonyl (C=O) groups excluding carboxylic acids is 2. The van der Waals surface area contributed by atoms with E-state index in [1.807, 2.05) is 6.92 Å². The van der Waals surface area contributed by atoms with E-state index < -0.39 is 28.6 Å². The molecule has 9 nitrogen and oxygen atoms in total. The lowest BCUT2D eigenvalue weighted by molar-refractivity contribution is -0.118. The van der Waals surface area contributed by atoms with Gasteiger partial charge in [-0.2, -0.15) is 9.49 Å². The number of nitrogens with one attached hydrogen (secondary N) is 3. The maximum atomic E-state index is 14.8. The van der Waals surface area contributed by atoms with Gasteiger partial charge in [0, 0.05) is 16.8 Å². The van der Waals surface area contributed by atoms with Crippen molar-refractivity contribution in [3.8, 4) is 11.1 Å². The van der Waals surface area contributed by atoms with Crippen LogP contribution in [0.2, 0.25) is 0 Å². The van der Waals surface area contributed by atoms with E-state index in [-0.39, 0.29) is 23.4 Å². The van der Waals surface area contributed by atoms with E-state index in [1.165, 1.54) is 18.4 Å². The Balaban J connectivity index is 1.76. The van der Waals surface area contributed by atoms with Crippen LogP contribution in [0, 0.1) is 19.8 Å². The molecule has 182 valence electrons. The van der Waals surface area contributed by atoms with Gasteiger partial charge in [-0.3, -0.25) is 14.7 Å². The highest BCUT2D eigenvalue weighted by Crippen LogP contribution is 2.28. The molecule has 3 heterocycles. The Labute approximate surface area is 205 Å². The number of hydrogen-bond donors (Lipinski definition) is 3. The summed E-state index contributed by atoms with van der Waals surface area (Å²) >= 11 is 11.6. The Hall–Kier alpha value is -2.98. The third-order valence-electron chi connectivity index (χ3n) is 5.26. The van der Waals surface area contributed by atoms with Crippen molar-refractivity contribution in [1.82, 2.24) is 25.7 Å². The molecule has 3 rings (SSSR count). The summed E-state index contributed by atoms with van der Waals surface area (Å²) in [6.45, 7) is 5.37. The minimum atomic E-state index is -0.943. The third-order valence-corrected chi connectivity index (χ3v) is 5.69. The standard InChI is InChI=1S/C22H25Cl2FN6O3/c1-4-15-14(10-34-31-15)21(32)26-16(6-5-7-17(23)24)22(33)28-18-9-8-13(20(25)27-18)19-11(2)29-30-12(19)3/h8-10,16-17H,4-7H2,1-3H3,(H,26,32)(H,29,30)(H,27,28,33)/t16-/m0/s1. The van der Waals surface area contributed by atoms with Gasteiger partial charge in [0.2, 0.25) is 11.9 Å². The van der Waals surface area contributed by atoms with Crippen LogP contribution in [0.4, 0.5) is 10.2 Å². The number of aromatic amines is 1. The van der Waals surface area contributed by atoms with Crippen molar-refractivity contribution in [2.45, 2.75) is 57.3 Å². The van der Waals surface area contributed by atoms with Crippen molar-refractivity contribution in [3.05, 3.63) is 47.0 Å². The number of aromatic nitrogens is 4. The van der Waals surface area contributed by atoms with Crippen molar-refractivity contribution >= 4 is 40.8 Å². The number of nitrogens with zero attached hydrogens (tertiary/aromatic N) is 3. The lowest BCUT2D eigenvalue weighted by atomic mass is 10.1. The molecule has 3 aromatic heterocycles. The first-order valence-corrected chi connectivity index (χ1v) is 11.6. The highest BCUT2D eigenvalue weighted by Gasteiger charge is 2.25. The minimum Gasteiger partial charge on any atom is -0.364 e. The van der Waals surface area contributed by atoms with Crippen LogP contribution >= 0.6 is 23.2 Å². The number of halogens is 3. The first kappa shape index (κ1) is 25.6. The molecular formula is C22H25Cl2FN6O3. The van der Waals surface area contributed by atoms with E-state index in [4.69, 9.17) is 27.7 Å². The molecule has 0 bridgehead atoms. The second-order valence-corrected chi connectivity index (χ2v) is 8.99. The average molecular weight is 511 g/mol. The number of alkyl halides is 2. The molecule has 0 fully saturated rings. The van der Waals surface area contributed by atoms with Crippen LogP contribution in [-0.2, 0) is 11.2 Å². The van der Waals surface area contributed by atoms with Crippen molar-refractivity contribution in [1.29, 1.82) is 0 Å². The van der Waals surface area contributed by atoms with Gasteiger partial charge >= 0.3 is 0 Å². The molecule has 12 heteroatoms. The van der Waals surface area contributed by atoms with Crippen molar-refractivity contribution < 1.29 is 18.5 Å². The number of carbonyl (C=O) groups is 2. The van der Waals surface area contributed by atoms with E-state index in [0.29, 0.717) is 41.9 Å². The number of hydrogen-bond acceptors (Lipinski definition) is 6. The molecule has 34 heavy (non-hydrogen) atoms. The Morgan fingerprint density at radius 3 is 2.62 bits per heavy atom. The number of anilines is 1. The highest BCUT2D eigenvalue weighted by atomic mass is 35.5. The fourth-order valence-electron chi connectivity index (χ4n) is 3.53. The van der Waals surface area contributed by atoms with Crippen LogP contribution in [0.5, 0.6) is 0 Å². The first-order chi connectivity index (χ1) is 16.2. The molecule has 0 aliphatic rings. The Morgan fingerprint density at radius 1 is 1.24 bits per heavy atom. The van der Waals surface area contributed by atoms with Crippen LogP contribution in [0.1, 0.15) is 53.6 Å². The van der Waals surface area contributed by atoms with Crippen LogP contribution in [-0.4, -0.2) is 43.0 Å². The van der Waals surface area contributed by atoms with Crippen LogP contribution in [0.25, 0.3) is 11.1 Å². The molecule has 1 atom stereocenters. The molecule has 2 amide bonds. The molecule has 3 aromatic rings. The van der Waals surface area contributed by atoms with Gasteiger partial charge in [-0.1, -0.05) is 12.1 Å². The predicted molar refractivity (Wildman–Crippen MR) is 126 cm³/mol. The SMILES string of the molecule is CCc1nocc1C(=O)N[C@@H](CCCC(Cl)Cl)C(=O)Nc1ccc(-c2c(C)n[nH]c2C)c(F)n1. The molecule has 3 N–H and O–H groups in total. The van der Waals surface area contributed by atoms with E-state index >= 15 is 0 Å². The molecule has 0 aliphatic carbocycles. The average Bonchev–Trinajstić information content (AvgIpc) is 3.39. The summed E-state index contributed by atoms with van der Waals surface area (Å²) in [5.41, 5.74) is 2.94. The molecule has 0 saturated carbocycles. The summed E-state index contributed by atoms with van der Waals surface area (Å²) in [7, 11) is 0. The molecule has 0 spiro atoms. The van der Waals surface area contributed by atoms with Crippen LogP contribution < -0.4 is 10.6 Å². The molecule has 0 saturated heterocycles. The van der Waals surface area contributed by atoms with E-state index in [1.54, 1.807) is 13.8 Å². The van der Waals surface area contributed by atoms with Gasteiger partial charge in [0.1, 0.15) is 28.5 Å². The van der Waals surface area contributed by atoms with Gasteiger partial charge in [-0.05, 0) is 51.7 Å². The summed E-state index contributed by atoms with van der Waals surface area (Å²) in [5, 5.41) is 15.9. The zero-order valence-electron chi connectivity index (χ0n) is 18.9. The van der Waals surface area contributed by atoms with E-state index in [0.717, 1.165) is 0 Å². The molecule has 0 aliphatic heterocycles. The highest BCUT2D eigenvalue weighted by molar-refractivity contribution is 6.44. The van der Waals surface area contributed by atoms with Crippen molar-refractivity contribution in [3.63, 3.8) is 0 Å². The van der Waals surface area contributed by atoms with E-state index in [2.05, 4.69) is 31.0 Å². The van der Waals surface area contributed by atoms with Crippen LogP contribution in [0.15, 0.2) is 22.9 Å². The monoisotopic (exact) mass is 510 g/mol. The van der Waals surface area contributed by atoms with Gasteiger partial charge in [-0.15, -0.1) is 23.2 Å². The molecule has 0 unspecified atom stereocenters. The quantitative estimate of drug-likeness (QED) is 0.272. The summed E-state index contributed by atoms with van der Waals surface area (Å²) in [4.78, 5) is 29.0. The fraction of sp³-hybridized carbons (Fsp3) is 0.409. The zero-order valence-corrected chi connectivity index (χ0v) is 20.4. The number of H-pyrrole nitrogens is 1. The van der Waals surface area contributed by atoms with Gasteiger partial charge in [0.25, 0.3) is 5.91 Å². The number of amides is 2. The molecular weight excluding hydrogens is 486 g/mol. The second-order valence-electron chi connectivity index (χ2n) is 7.71. The maximum Gasteiger partial charge on any atom is 0.257 e. The molecule has 0 aromatic carbocycles.